The van der Waals surface area contributed by atoms with Crippen molar-refractivity contribution in [3.63, 3.8) is 0 Å². The van der Waals surface area contributed by atoms with Crippen LogP contribution in [0.15, 0.2) is 18.2 Å². The second-order valence-corrected chi connectivity index (χ2v) is 5.33. The Kier molecular flexibility index (Phi) is 3.29. The quantitative estimate of drug-likeness (QED) is 0.874. The summed E-state index contributed by atoms with van der Waals surface area (Å²) >= 11 is 0. The highest BCUT2D eigenvalue weighted by molar-refractivity contribution is 5.39. The first-order valence-corrected chi connectivity index (χ1v) is 6.14. The smallest absolute Gasteiger partial charge is 0.123 e. The number of methoxy groups -OCH3 is 1. The molecule has 1 heterocycles. The van der Waals surface area contributed by atoms with Gasteiger partial charge < -0.3 is 9.84 Å². The van der Waals surface area contributed by atoms with Crippen LogP contribution >= 0.6 is 0 Å². The minimum Gasteiger partial charge on any atom is -0.507 e. The Morgan fingerprint density at radius 2 is 2.18 bits per heavy atom. The average Bonchev–Trinajstić information content (AvgIpc) is 2.61. The lowest BCUT2D eigenvalue weighted by Crippen LogP contribution is -2.37. The van der Waals surface area contributed by atoms with Crippen LogP contribution < -0.4 is 4.74 Å². The van der Waals surface area contributed by atoms with Gasteiger partial charge in [-0.1, -0.05) is 6.07 Å². The molecule has 0 amide bonds. The molecule has 3 nitrogen and oxygen atoms in total. The summed E-state index contributed by atoms with van der Waals surface area (Å²) in [7, 11) is 1.61. The Balaban J connectivity index is 2.13. The summed E-state index contributed by atoms with van der Waals surface area (Å²) in [6, 6.07) is 5.53. The van der Waals surface area contributed by atoms with E-state index in [0.29, 0.717) is 11.5 Å². The van der Waals surface area contributed by atoms with Crippen molar-refractivity contribution in [1.82, 2.24) is 4.90 Å². The summed E-state index contributed by atoms with van der Waals surface area (Å²) in [6.45, 7) is 6.45. The summed E-state index contributed by atoms with van der Waals surface area (Å²) in [4.78, 5) is 2.43. The van der Waals surface area contributed by atoms with E-state index in [2.05, 4.69) is 18.7 Å². The fourth-order valence-corrected chi connectivity index (χ4v) is 2.47. The van der Waals surface area contributed by atoms with Gasteiger partial charge in [-0.25, -0.2) is 0 Å². The highest BCUT2D eigenvalue weighted by Gasteiger charge is 2.31. The topological polar surface area (TPSA) is 32.7 Å². The highest BCUT2D eigenvalue weighted by Crippen LogP contribution is 2.32. The van der Waals surface area contributed by atoms with E-state index in [0.717, 1.165) is 18.7 Å². The molecule has 1 aliphatic rings. The molecule has 0 aromatic heterocycles. The van der Waals surface area contributed by atoms with Gasteiger partial charge in [-0.2, -0.15) is 0 Å². The molecule has 1 aliphatic heterocycles. The van der Waals surface area contributed by atoms with Gasteiger partial charge in [-0.05, 0) is 39.3 Å². The third-order valence-corrected chi connectivity index (χ3v) is 3.73. The molecule has 3 heteroatoms. The summed E-state index contributed by atoms with van der Waals surface area (Å²) < 4.78 is 5.09. The van der Waals surface area contributed by atoms with Crippen molar-refractivity contribution >= 4 is 0 Å². The first kappa shape index (κ1) is 12.2. The average molecular weight is 235 g/mol. The van der Waals surface area contributed by atoms with Crippen LogP contribution in [-0.2, 0) is 6.54 Å². The van der Waals surface area contributed by atoms with Gasteiger partial charge in [0.15, 0.2) is 0 Å². The minimum atomic E-state index is 0.242. The maximum Gasteiger partial charge on any atom is 0.123 e. The van der Waals surface area contributed by atoms with Crippen molar-refractivity contribution < 1.29 is 9.84 Å². The molecule has 1 aromatic carbocycles. The number of rotatable bonds is 3. The Morgan fingerprint density at radius 3 is 2.71 bits per heavy atom. The van der Waals surface area contributed by atoms with Crippen LogP contribution in [-0.4, -0.2) is 29.2 Å². The van der Waals surface area contributed by atoms with Gasteiger partial charge in [-0.3, -0.25) is 4.90 Å². The molecule has 0 unspecified atom stereocenters. The van der Waals surface area contributed by atoms with Crippen LogP contribution in [0, 0.1) is 0 Å². The lowest BCUT2D eigenvalue weighted by Gasteiger charge is -2.31. The molecule has 94 valence electrons. The van der Waals surface area contributed by atoms with E-state index in [4.69, 9.17) is 4.74 Å². The van der Waals surface area contributed by atoms with Crippen LogP contribution in [0.5, 0.6) is 11.5 Å². The van der Waals surface area contributed by atoms with Gasteiger partial charge >= 0.3 is 0 Å². The Morgan fingerprint density at radius 1 is 1.41 bits per heavy atom. The van der Waals surface area contributed by atoms with Crippen LogP contribution in [0.1, 0.15) is 32.3 Å². The number of aromatic hydroxyl groups is 1. The van der Waals surface area contributed by atoms with Crippen molar-refractivity contribution in [3.8, 4) is 11.5 Å². The van der Waals surface area contributed by atoms with Crippen LogP contribution in [0.4, 0.5) is 0 Å². The molecule has 1 fully saturated rings. The van der Waals surface area contributed by atoms with E-state index in [9.17, 15) is 5.11 Å². The van der Waals surface area contributed by atoms with Crippen LogP contribution in [0.3, 0.4) is 0 Å². The standard InChI is InChI=1S/C14H21NO2/c1-14(2)7-4-8-15(14)10-11-5-6-12(17-3)9-13(11)16/h5-6,9,16H,4,7-8,10H2,1-3H3. The van der Waals surface area contributed by atoms with Crippen molar-refractivity contribution in [2.45, 2.75) is 38.8 Å². The predicted octanol–water partition coefficient (Wildman–Crippen LogP) is 2.78. The monoisotopic (exact) mass is 235 g/mol. The highest BCUT2D eigenvalue weighted by atomic mass is 16.5. The summed E-state index contributed by atoms with van der Waals surface area (Å²) in [6.07, 6.45) is 2.47. The lowest BCUT2D eigenvalue weighted by atomic mass is 10.0. The fourth-order valence-electron chi connectivity index (χ4n) is 2.47. The van der Waals surface area contributed by atoms with Gasteiger partial charge in [0.2, 0.25) is 0 Å². The molecular weight excluding hydrogens is 214 g/mol. The predicted molar refractivity (Wildman–Crippen MR) is 68.4 cm³/mol. The van der Waals surface area contributed by atoms with Crippen molar-refractivity contribution in [1.29, 1.82) is 0 Å². The molecular formula is C14H21NO2. The van der Waals surface area contributed by atoms with E-state index in [-0.39, 0.29) is 5.54 Å². The van der Waals surface area contributed by atoms with E-state index in [1.54, 1.807) is 13.2 Å². The SMILES string of the molecule is COc1ccc(CN2CCCC2(C)C)c(O)c1. The molecule has 0 aliphatic carbocycles. The zero-order valence-corrected chi connectivity index (χ0v) is 10.9. The fraction of sp³-hybridized carbons (Fsp3) is 0.571. The summed E-state index contributed by atoms with van der Waals surface area (Å²) in [5, 5.41) is 9.95. The third-order valence-electron chi connectivity index (χ3n) is 3.73. The molecule has 0 atom stereocenters. The summed E-state index contributed by atoms with van der Waals surface area (Å²) in [5.74, 6) is 1.03. The number of ether oxygens (including phenoxy) is 1. The molecule has 0 bridgehead atoms. The van der Waals surface area contributed by atoms with Gasteiger partial charge in [0.05, 0.1) is 7.11 Å². The second kappa shape index (κ2) is 4.57. The second-order valence-electron chi connectivity index (χ2n) is 5.33. The van der Waals surface area contributed by atoms with E-state index in [1.165, 1.54) is 12.8 Å². The lowest BCUT2D eigenvalue weighted by molar-refractivity contribution is 0.165. The first-order chi connectivity index (χ1) is 8.03. The zero-order valence-electron chi connectivity index (χ0n) is 10.9. The molecule has 1 aromatic rings. The molecule has 0 radical (unpaired) electrons. The Bertz CT molecular complexity index is 401. The number of nitrogens with zero attached hydrogens (tertiary/aromatic N) is 1. The van der Waals surface area contributed by atoms with Crippen molar-refractivity contribution in [2.75, 3.05) is 13.7 Å². The van der Waals surface area contributed by atoms with Crippen molar-refractivity contribution in [3.05, 3.63) is 23.8 Å². The minimum absolute atomic E-state index is 0.242. The van der Waals surface area contributed by atoms with Gasteiger partial charge in [0, 0.05) is 23.7 Å². The van der Waals surface area contributed by atoms with E-state index >= 15 is 0 Å². The molecule has 2 rings (SSSR count). The largest absolute Gasteiger partial charge is 0.507 e. The van der Waals surface area contributed by atoms with Crippen LogP contribution in [0.2, 0.25) is 0 Å². The summed E-state index contributed by atoms with van der Waals surface area (Å²) in [5.41, 5.74) is 1.22. The number of phenolic OH excluding ortho intramolecular Hbond substituents is 1. The molecule has 17 heavy (non-hydrogen) atoms. The Labute approximate surface area is 103 Å². The molecule has 1 saturated heterocycles. The zero-order chi connectivity index (χ0) is 12.5. The van der Waals surface area contributed by atoms with Gasteiger partial charge in [0.25, 0.3) is 0 Å². The third kappa shape index (κ3) is 2.55. The molecule has 0 spiro atoms. The number of phenols is 1. The van der Waals surface area contributed by atoms with E-state index in [1.807, 2.05) is 12.1 Å². The van der Waals surface area contributed by atoms with Crippen molar-refractivity contribution in [2.24, 2.45) is 0 Å². The number of likely N-dealkylation sites (tertiary alicyclic amines) is 1. The number of hydrogen-bond donors (Lipinski definition) is 1. The van der Waals surface area contributed by atoms with Gasteiger partial charge in [0.1, 0.15) is 11.5 Å². The maximum absolute atomic E-state index is 9.95. The normalized spacial score (nSPS) is 19.5. The first-order valence-electron chi connectivity index (χ1n) is 6.14. The van der Waals surface area contributed by atoms with Gasteiger partial charge in [-0.15, -0.1) is 0 Å². The van der Waals surface area contributed by atoms with E-state index < -0.39 is 0 Å². The number of hydrogen-bond acceptors (Lipinski definition) is 3. The van der Waals surface area contributed by atoms with Crippen LogP contribution in [0.25, 0.3) is 0 Å². The molecule has 1 N–H and O–H groups in total. The molecule has 0 saturated carbocycles. The maximum atomic E-state index is 9.95. The Hall–Kier alpha value is -1.22. The number of benzene rings is 1.